The number of ether oxygens (including phenoxy) is 1. The number of methoxy groups -OCH3 is 1. The predicted molar refractivity (Wildman–Crippen MR) is 117 cm³/mol. The van der Waals surface area contributed by atoms with Crippen LogP contribution in [0.2, 0.25) is 0 Å². The van der Waals surface area contributed by atoms with Gasteiger partial charge in [-0.3, -0.25) is 19.4 Å². The molecule has 2 aromatic rings. The van der Waals surface area contributed by atoms with Crippen LogP contribution in [0.5, 0.6) is 5.75 Å². The number of amides is 2. The van der Waals surface area contributed by atoms with Crippen molar-refractivity contribution in [1.82, 2.24) is 9.80 Å². The molecular weight excluding hydrogens is 376 g/mol. The first-order chi connectivity index (χ1) is 14.5. The van der Waals surface area contributed by atoms with E-state index in [0.29, 0.717) is 17.2 Å². The second kappa shape index (κ2) is 8.60. The van der Waals surface area contributed by atoms with E-state index in [4.69, 9.17) is 4.74 Å². The fourth-order valence-corrected chi connectivity index (χ4v) is 4.79. The summed E-state index contributed by atoms with van der Waals surface area (Å²) in [7, 11) is 1.61. The van der Waals surface area contributed by atoms with Crippen molar-refractivity contribution in [3.8, 4) is 5.75 Å². The maximum Gasteiger partial charge on any atom is 0.261 e. The molecule has 1 aliphatic heterocycles. The Bertz CT molecular complexity index is 918. The molecule has 30 heavy (non-hydrogen) atoms. The minimum Gasteiger partial charge on any atom is -0.497 e. The summed E-state index contributed by atoms with van der Waals surface area (Å²) in [6, 6.07) is 11.9. The third kappa shape index (κ3) is 3.74. The molecule has 0 unspecified atom stereocenters. The van der Waals surface area contributed by atoms with Gasteiger partial charge in [0.05, 0.1) is 24.8 Å². The summed E-state index contributed by atoms with van der Waals surface area (Å²) in [6.07, 6.45) is 4.19. The van der Waals surface area contributed by atoms with Crippen molar-refractivity contribution in [2.45, 2.75) is 52.1 Å². The third-order valence-electron chi connectivity index (χ3n) is 6.21. The number of hydrogen-bond acceptors (Lipinski definition) is 4. The van der Waals surface area contributed by atoms with E-state index in [1.807, 2.05) is 36.4 Å². The highest BCUT2D eigenvalue weighted by atomic mass is 16.5. The highest BCUT2D eigenvalue weighted by Gasteiger charge is 2.38. The lowest BCUT2D eigenvalue weighted by Crippen LogP contribution is -2.37. The van der Waals surface area contributed by atoms with Gasteiger partial charge in [-0.1, -0.05) is 26.0 Å². The molecule has 0 atom stereocenters. The predicted octanol–water partition coefficient (Wildman–Crippen LogP) is 4.08. The van der Waals surface area contributed by atoms with Gasteiger partial charge in [0.15, 0.2) is 0 Å². The highest BCUT2D eigenvalue weighted by molar-refractivity contribution is 6.21. The van der Waals surface area contributed by atoms with Crippen molar-refractivity contribution in [1.29, 1.82) is 0 Å². The minimum absolute atomic E-state index is 0.192. The maximum absolute atomic E-state index is 13.0. The molecule has 2 aromatic carbocycles. The van der Waals surface area contributed by atoms with Crippen molar-refractivity contribution >= 4 is 11.8 Å². The zero-order chi connectivity index (χ0) is 21.3. The largest absolute Gasteiger partial charge is 0.497 e. The number of imide groups is 1. The SMILES string of the molecule is CCCN(CCC)C1Cc2cc3c(cc2C1)C(=O)N(Cc1cccc(OC)c1)C3=O. The first-order valence-electron chi connectivity index (χ1n) is 10.9. The number of fused-ring (bicyclic) bond motifs is 2. The van der Waals surface area contributed by atoms with E-state index in [9.17, 15) is 9.59 Å². The minimum atomic E-state index is -0.192. The van der Waals surface area contributed by atoms with E-state index in [1.54, 1.807) is 7.11 Å². The van der Waals surface area contributed by atoms with Gasteiger partial charge in [0, 0.05) is 6.04 Å². The Labute approximate surface area is 178 Å². The molecule has 2 aliphatic rings. The van der Waals surface area contributed by atoms with Crippen LogP contribution in [0.25, 0.3) is 0 Å². The molecule has 5 nitrogen and oxygen atoms in total. The van der Waals surface area contributed by atoms with Gasteiger partial charge in [-0.05, 0) is 79.7 Å². The van der Waals surface area contributed by atoms with Crippen LogP contribution in [0.4, 0.5) is 0 Å². The van der Waals surface area contributed by atoms with E-state index in [1.165, 1.54) is 16.0 Å². The molecular formula is C25H30N2O3. The molecule has 1 heterocycles. The number of rotatable bonds is 8. The summed E-state index contributed by atoms with van der Waals surface area (Å²) in [5.74, 6) is 0.337. The van der Waals surface area contributed by atoms with E-state index >= 15 is 0 Å². The van der Waals surface area contributed by atoms with Gasteiger partial charge in [0.1, 0.15) is 5.75 Å². The van der Waals surface area contributed by atoms with Crippen molar-refractivity contribution in [2.24, 2.45) is 0 Å². The lowest BCUT2D eigenvalue weighted by atomic mass is 10.0. The van der Waals surface area contributed by atoms with Crippen molar-refractivity contribution in [2.75, 3.05) is 20.2 Å². The summed E-state index contributed by atoms with van der Waals surface area (Å²) < 4.78 is 5.26. The van der Waals surface area contributed by atoms with Crippen LogP contribution in [0.3, 0.4) is 0 Å². The first-order valence-corrected chi connectivity index (χ1v) is 10.9. The topological polar surface area (TPSA) is 49.9 Å². The molecule has 158 valence electrons. The van der Waals surface area contributed by atoms with Crippen LogP contribution in [-0.4, -0.2) is 47.9 Å². The zero-order valence-electron chi connectivity index (χ0n) is 18.1. The molecule has 2 amide bonds. The zero-order valence-corrected chi connectivity index (χ0v) is 18.1. The molecule has 0 N–H and O–H groups in total. The van der Waals surface area contributed by atoms with E-state index < -0.39 is 0 Å². The standard InChI is InChI=1S/C25H30N2O3/c1-4-9-26(10-5-2)20-12-18-14-22-23(15-19(18)13-20)25(29)27(24(22)28)16-17-7-6-8-21(11-17)30-3/h6-8,11,14-15,20H,4-5,9-10,12-13,16H2,1-3H3. The Balaban J connectivity index is 1.55. The van der Waals surface area contributed by atoms with Crippen molar-refractivity contribution in [3.63, 3.8) is 0 Å². The number of carbonyl (C=O) groups excluding carboxylic acids is 2. The number of nitrogens with zero attached hydrogens (tertiary/aromatic N) is 2. The summed E-state index contributed by atoms with van der Waals surface area (Å²) in [6.45, 7) is 6.88. The van der Waals surface area contributed by atoms with E-state index in [-0.39, 0.29) is 18.4 Å². The highest BCUT2D eigenvalue weighted by Crippen LogP contribution is 2.33. The van der Waals surface area contributed by atoms with Gasteiger partial charge < -0.3 is 4.74 Å². The van der Waals surface area contributed by atoms with Gasteiger partial charge in [0.2, 0.25) is 0 Å². The summed E-state index contributed by atoms with van der Waals surface area (Å²) in [4.78, 5) is 30.0. The number of hydrogen-bond donors (Lipinski definition) is 0. The van der Waals surface area contributed by atoms with Crippen LogP contribution < -0.4 is 4.74 Å². The van der Waals surface area contributed by atoms with E-state index in [2.05, 4.69) is 18.7 Å². The second-order valence-electron chi connectivity index (χ2n) is 8.31. The smallest absolute Gasteiger partial charge is 0.261 e. The van der Waals surface area contributed by atoms with Crippen LogP contribution in [0, 0.1) is 0 Å². The fourth-order valence-electron chi connectivity index (χ4n) is 4.79. The van der Waals surface area contributed by atoms with Crippen LogP contribution >= 0.6 is 0 Å². The molecule has 0 aromatic heterocycles. The molecule has 1 aliphatic carbocycles. The molecule has 5 heteroatoms. The fraction of sp³-hybridized carbons (Fsp3) is 0.440. The average molecular weight is 407 g/mol. The van der Waals surface area contributed by atoms with Crippen molar-refractivity contribution in [3.05, 3.63) is 64.2 Å². The van der Waals surface area contributed by atoms with Gasteiger partial charge in [-0.2, -0.15) is 0 Å². The monoisotopic (exact) mass is 406 g/mol. The van der Waals surface area contributed by atoms with Crippen LogP contribution in [0.15, 0.2) is 36.4 Å². The maximum atomic E-state index is 13.0. The van der Waals surface area contributed by atoms with Gasteiger partial charge in [-0.25, -0.2) is 0 Å². The Morgan fingerprint density at radius 2 is 1.57 bits per heavy atom. The lowest BCUT2D eigenvalue weighted by Gasteiger charge is -2.27. The molecule has 4 rings (SSSR count). The van der Waals surface area contributed by atoms with Crippen molar-refractivity contribution < 1.29 is 14.3 Å². The Morgan fingerprint density at radius 1 is 0.967 bits per heavy atom. The molecule has 0 radical (unpaired) electrons. The summed E-state index contributed by atoms with van der Waals surface area (Å²) >= 11 is 0. The Kier molecular flexibility index (Phi) is 5.91. The normalized spacial score (nSPS) is 15.8. The third-order valence-corrected chi connectivity index (χ3v) is 6.21. The van der Waals surface area contributed by atoms with Gasteiger partial charge >= 0.3 is 0 Å². The van der Waals surface area contributed by atoms with Gasteiger partial charge in [-0.15, -0.1) is 0 Å². The second-order valence-corrected chi connectivity index (χ2v) is 8.31. The summed E-state index contributed by atoms with van der Waals surface area (Å²) in [5.41, 5.74) is 4.44. The molecule has 0 saturated carbocycles. The van der Waals surface area contributed by atoms with Crippen LogP contribution in [-0.2, 0) is 19.4 Å². The Morgan fingerprint density at radius 3 is 2.10 bits per heavy atom. The van der Waals surface area contributed by atoms with Gasteiger partial charge in [0.25, 0.3) is 11.8 Å². The quantitative estimate of drug-likeness (QED) is 0.620. The first kappa shape index (κ1) is 20.6. The van der Waals surface area contributed by atoms with Crippen LogP contribution in [0.1, 0.15) is 64.1 Å². The average Bonchev–Trinajstić information content (AvgIpc) is 3.27. The molecule has 0 fully saturated rings. The Hall–Kier alpha value is -2.66. The molecule has 0 bridgehead atoms. The molecule has 0 saturated heterocycles. The lowest BCUT2D eigenvalue weighted by molar-refractivity contribution is 0.0642. The van der Waals surface area contributed by atoms with E-state index in [0.717, 1.165) is 50.1 Å². The summed E-state index contributed by atoms with van der Waals surface area (Å²) in [5, 5.41) is 0. The number of carbonyl (C=O) groups is 2. The molecule has 0 spiro atoms. The number of benzene rings is 2.